The van der Waals surface area contributed by atoms with Crippen molar-refractivity contribution in [2.24, 2.45) is 0 Å². The molecule has 0 amide bonds. The summed E-state index contributed by atoms with van der Waals surface area (Å²) in [6, 6.07) is -0.236. The molecule has 0 N–H and O–H groups in total. The highest BCUT2D eigenvalue weighted by molar-refractivity contribution is 5.12. The predicted octanol–water partition coefficient (Wildman–Crippen LogP) is 2.21. The fraction of sp³-hybridized carbons (Fsp3) is 0.375. The highest BCUT2D eigenvalue weighted by Crippen LogP contribution is 2.10. The van der Waals surface area contributed by atoms with E-state index in [-0.39, 0.29) is 30.3 Å². The lowest BCUT2D eigenvalue weighted by molar-refractivity contribution is 0.858. The van der Waals surface area contributed by atoms with E-state index in [4.69, 9.17) is 5.48 Å². The van der Waals surface area contributed by atoms with Gasteiger partial charge in [0.25, 0.3) is 0 Å². The highest BCUT2D eigenvalue weighted by atomic mass is 14.6. The third-order valence-corrected chi connectivity index (χ3v) is 1.06. The molecule has 0 saturated heterocycles. The van der Waals surface area contributed by atoms with Gasteiger partial charge in [-0.3, -0.25) is 4.98 Å². The van der Waals surface area contributed by atoms with Crippen molar-refractivity contribution >= 4 is 0 Å². The largest absolute Gasteiger partial charge is 0.264 e. The molecule has 1 heteroatoms. The van der Waals surface area contributed by atoms with Crippen molar-refractivity contribution in [3.05, 3.63) is 30.0 Å². The van der Waals surface area contributed by atoms with Gasteiger partial charge in [0, 0.05) is 12.3 Å². The fourth-order valence-electron chi connectivity index (χ4n) is 0.513. The summed E-state index contributed by atoms with van der Waals surface area (Å²) in [5, 5.41) is 0. The van der Waals surface area contributed by atoms with Gasteiger partial charge in [-0.2, -0.15) is 0 Å². The van der Waals surface area contributed by atoms with E-state index in [1.54, 1.807) is 0 Å². The number of hydrogen-bond donors (Lipinski definition) is 0. The van der Waals surface area contributed by atoms with Crippen molar-refractivity contribution in [3.8, 4) is 0 Å². The molecule has 0 atom stereocenters. The summed E-state index contributed by atoms with van der Waals surface area (Å²) in [6.07, 6.45) is -0.347. The number of nitrogens with zero attached hydrogens (tertiary/aromatic N) is 1. The summed E-state index contributed by atoms with van der Waals surface area (Å²) in [7, 11) is 0. The molecule has 0 bridgehead atoms. The summed E-state index contributed by atoms with van der Waals surface area (Å²) in [5.74, 6) is -0.00259. The quantitative estimate of drug-likeness (QED) is 0.560. The van der Waals surface area contributed by atoms with Crippen molar-refractivity contribution < 1.29 is 5.48 Å². The zero-order valence-electron chi connectivity index (χ0n) is 9.52. The molecular formula is C8H11N. The molecule has 48 valence electrons. The summed E-state index contributed by atoms with van der Waals surface area (Å²) in [6.45, 7) is 3.69. The minimum atomic E-state index is -0.292. The van der Waals surface area contributed by atoms with Gasteiger partial charge in [-0.05, 0) is 17.5 Å². The van der Waals surface area contributed by atoms with Gasteiger partial charge < -0.3 is 0 Å². The van der Waals surface area contributed by atoms with Crippen LogP contribution in [0.1, 0.15) is 30.8 Å². The molecule has 0 aromatic carbocycles. The van der Waals surface area contributed by atoms with Crippen LogP contribution in [0.4, 0.5) is 0 Å². The first-order valence-electron chi connectivity index (χ1n) is 4.89. The molecule has 1 nitrogen and oxygen atoms in total. The highest BCUT2D eigenvalue weighted by Gasteiger charge is 1.94. The van der Waals surface area contributed by atoms with Crippen LogP contribution in [0.2, 0.25) is 0 Å². The number of pyridine rings is 1. The molecule has 1 heterocycles. The Morgan fingerprint density at radius 2 is 2.44 bits per heavy atom. The molecule has 0 saturated carbocycles. The third kappa shape index (κ3) is 1.53. The van der Waals surface area contributed by atoms with E-state index in [1.165, 1.54) is 0 Å². The molecule has 1 aromatic heterocycles. The lowest BCUT2D eigenvalue weighted by Gasteiger charge is -2.00. The van der Waals surface area contributed by atoms with Crippen LogP contribution in [0.3, 0.4) is 0 Å². The van der Waals surface area contributed by atoms with Crippen molar-refractivity contribution in [2.75, 3.05) is 0 Å². The Labute approximate surface area is 61.4 Å². The van der Waals surface area contributed by atoms with E-state index in [2.05, 4.69) is 4.98 Å². The first-order chi connectivity index (χ1) is 5.95. The third-order valence-electron chi connectivity index (χ3n) is 1.06. The Hall–Kier alpha value is -0.850. The average molecular weight is 125 g/mol. The molecule has 0 aliphatic heterocycles. The van der Waals surface area contributed by atoms with Crippen molar-refractivity contribution in [2.45, 2.75) is 19.8 Å². The van der Waals surface area contributed by atoms with E-state index < -0.39 is 0 Å². The molecule has 0 radical (unpaired) electrons. The van der Waals surface area contributed by atoms with Gasteiger partial charge in [0.2, 0.25) is 0 Å². The Bertz CT molecular complexity index is 335. The molecular weight excluding hydrogens is 110 g/mol. The normalized spacial score (nSPS) is 16.3. The van der Waals surface area contributed by atoms with Crippen LogP contribution in [0.15, 0.2) is 24.4 Å². The van der Waals surface area contributed by atoms with Crippen molar-refractivity contribution in [1.29, 1.82) is 0 Å². The smallest absolute Gasteiger partial charge is 0.0843 e. The fourth-order valence-corrected chi connectivity index (χ4v) is 0.513. The molecule has 9 heavy (non-hydrogen) atoms. The second-order valence-electron chi connectivity index (χ2n) is 2.15. The van der Waals surface area contributed by atoms with E-state index in [0.717, 1.165) is 0 Å². The maximum absolute atomic E-state index is 7.54. The summed E-state index contributed by atoms with van der Waals surface area (Å²) in [5.41, 5.74) is 0.445. The van der Waals surface area contributed by atoms with Crippen molar-refractivity contribution in [1.82, 2.24) is 4.98 Å². The minimum Gasteiger partial charge on any atom is -0.264 e. The van der Waals surface area contributed by atoms with Gasteiger partial charge in [-0.1, -0.05) is 19.9 Å². The lowest BCUT2D eigenvalue weighted by atomic mass is 10.1. The number of hydrogen-bond acceptors (Lipinski definition) is 1. The van der Waals surface area contributed by atoms with Crippen LogP contribution in [-0.2, 0) is 0 Å². The first kappa shape index (κ1) is 2.82. The van der Waals surface area contributed by atoms with E-state index in [9.17, 15) is 0 Å². The molecule has 1 aromatic rings. The maximum Gasteiger partial charge on any atom is 0.0843 e. The number of aromatic nitrogens is 1. The van der Waals surface area contributed by atoms with E-state index in [1.807, 2.05) is 13.8 Å². The van der Waals surface area contributed by atoms with E-state index in [0.29, 0.717) is 5.56 Å². The average Bonchev–Trinajstić information content (AvgIpc) is 1.99. The maximum atomic E-state index is 7.54. The van der Waals surface area contributed by atoms with Crippen molar-refractivity contribution in [3.63, 3.8) is 0 Å². The molecule has 0 unspecified atom stereocenters. The Kier molecular flexibility index (Phi) is 0.823. The van der Waals surface area contributed by atoms with Gasteiger partial charge in [0.1, 0.15) is 0 Å². The van der Waals surface area contributed by atoms with Gasteiger partial charge in [0.05, 0.1) is 5.48 Å². The summed E-state index contributed by atoms with van der Waals surface area (Å²) in [4.78, 5) is 3.58. The van der Waals surface area contributed by atoms with Crippen LogP contribution in [0, 0.1) is 0 Å². The van der Waals surface area contributed by atoms with Gasteiger partial charge in [-0.25, -0.2) is 0 Å². The topological polar surface area (TPSA) is 12.9 Å². The molecule has 0 aliphatic carbocycles. The molecule has 0 aliphatic rings. The number of rotatable bonds is 1. The summed E-state index contributed by atoms with van der Waals surface area (Å²) < 4.78 is 29.5. The second-order valence-corrected chi connectivity index (χ2v) is 2.15. The molecule has 1 rings (SSSR count). The van der Waals surface area contributed by atoms with Crippen LogP contribution in [-0.4, -0.2) is 4.98 Å². The molecule has 0 spiro atoms. The lowest BCUT2D eigenvalue weighted by Crippen LogP contribution is -1.85. The van der Waals surface area contributed by atoms with Crippen LogP contribution < -0.4 is 0 Å². The Morgan fingerprint density at radius 3 is 3.11 bits per heavy atom. The van der Waals surface area contributed by atoms with E-state index >= 15 is 0 Å². The predicted molar refractivity (Wildman–Crippen MR) is 38.3 cm³/mol. The van der Waals surface area contributed by atoms with Gasteiger partial charge in [0.15, 0.2) is 0 Å². The van der Waals surface area contributed by atoms with Crippen LogP contribution >= 0.6 is 0 Å². The zero-order valence-corrected chi connectivity index (χ0v) is 5.52. The SMILES string of the molecule is [2H]c1nc([2H])c(C(C)C)c([2H])c1[2H]. The monoisotopic (exact) mass is 125 g/mol. The molecule has 0 fully saturated rings. The standard InChI is InChI=1S/C8H11N/c1-7(2)8-4-3-5-9-6-8/h3-7H,1-2H3/i3D,4D,5D,6D. The zero-order chi connectivity index (χ0) is 10.2. The second kappa shape index (κ2) is 2.62. The summed E-state index contributed by atoms with van der Waals surface area (Å²) >= 11 is 0. The van der Waals surface area contributed by atoms with Gasteiger partial charge in [-0.15, -0.1) is 0 Å². The van der Waals surface area contributed by atoms with Crippen LogP contribution in [0.5, 0.6) is 0 Å². The van der Waals surface area contributed by atoms with Crippen LogP contribution in [0.25, 0.3) is 0 Å². The Morgan fingerprint density at radius 1 is 1.67 bits per heavy atom. The minimum absolute atomic E-state index is 0.00259. The first-order valence-corrected chi connectivity index (χ1v) is 2.89. The Balaban J connectivity index is 3.44. The van der Waals surface area contributed by atoms with Gasteiger partial charge >= 0.3 is 0 Å².